The van der Waals surface area contributed by atoms with E-state index in [9.17, 15) is 14.4 Å². The number of nitrogens with zero attached hydrogens (tertiary/aromatic N) is 1. The second-order valence-corrected chi connectivity index (χ2v) is 5.73. The summed E-state index contributed by atoms with van der Waals surface area (Å²) in [4.78, 5) is 38.4. The quantitative estimate of drug-likeness (QED) is 0.886. The van der Waals surface area contributed by atoms with Gasteiger partial charge in [-0.05, 0) is 31.0 Å². The number of urea groups is 1. The highest BCUT2D eigenvalue weighted by Crippen LogP contribution is 2.31. The molecule has 5 nitrogen and oxygen atoms in total. The number of nitrogens with one attached hydrogen (secondary N) is 1. The van der Waals surface area contributed by atoms with Crippen LogP contribution < -0.4 is 10.2 Å². The Balaban J connectivity index is 1.98. The van der Waals surface area contributed by atoms with E-state index in [0.717, 1.165) is 10.5 Å². The fourth-order valence-electron chi connectivity index (χ4n) is 2.70. The van der Waals surface area contributed by atoms with Crippen LogP contribution >= 0.6 is 0 Å². The van der Waals surface area contributed by atoms with Gasteiger partial charge in [0, 0.05) is 0 Å². The van der Waals surface area contributed by atoms with E-state index >= 15 is 0 Å². The Bertz CT molecular complexity index is 758. The van der Waals surface area contributed by atoms with Crippen molar-refractivity contribution >= 4 is 23.5 Å². The molecule has 4 amide bonds. The Morgan fingerprint density at radius 2 is 1.48 bits per heavy atom. The summed E-state index contributed by atoms with van der Waals surface area (Å²) in [5, 5.41) is 2.30. The molecule has 0 unspecified atom stereocenters. The van der Waals surface area contributed by atoms with E-state index < -0.39 is 23.3 Å². The fourth-order valence-corrected chi connectivity index (χ4v) is 2.70. The minimum Gasteiger partial charge on any atom is -0.276 e. The standard InChI is InChI=1S/C18H16N2O3/c1-18(12-13-8-4-2-5-9-13)15(21)19-17(23)20(16(18)22)14-10-6-3-7-11-14/h2-11H,12H2,1H3,(H,19,21,23)/t18-/m0/s1. The van der Waals surface area contributed by atoms with Crippen molar-refractivity contribution in [3.8, 4) is 0 Å². The summed E-state index contributed by atoms with van der Waals surface area (Å²) in [6.45, 7) is 1.57. The molecular weight excluding hydrogens is 292 g/mol. The third-order valence-corrected chi connectivity index (χ3v) is 4.01. The number of carbonyl (C=O) groups excluding carboxylic acids is 3. The van der Waals surface area contributed by atoms with Crippen molar-refractivity contribution in [1.82, 2.24) is 5.32 Å². The third-order valence-electron chi connectivity index (χ3n) is 4.01. The van der Waals surface area contributed by atoms with Crippen LogP contribution in [0.2, 0.25) is 0 Å². The fraction of sp³-hybridized carbons (Fsp3) is 0.167. The van der Waals surface area contributed by atoms with Gasteiger partial charge in [-0.25, -0.2) is 9.69 Å². The van der Waals surface area contributed by atoms with Crippen LogP contribution in [-0.2, 0) is 16.0 Å². The van der Waals surface area contributed by atoms with E-state index in [-0.39, 0.29) is 6.42 Å². The summed E-state index contributed by atoms with van der Waals surface area (Å²) in [7, 11) is 0. The van der Waals surface area contributed by atoms with Gasteiger partial charge >= 0.3 is 6.03 Å². The largest absolute Gasteiger partial charge is 0.335 e. The Kier molecular flexibility index (Phi) is 3.70. The van der Waals surface area contributed by atoms with Crippen molar-refractivity contribution in [1.29, 1.82) is 0 Å². The summed E-state index contributed by atoms with van der Waals surface area (Å²) in [5.41, 5.74) is -0.0203. The summed E-state index contributed by atoms with van der Waals surface area (Å²) < 4.78 is 0. The molecule has 23 heavy (non-hydrogen) atoms. The Hall–Kier alpha value is -2.95. The molecule has 1 heterocycles. The lowest BCUT2D eigenvalue weighted by molar-refractivity contribution is -0.141. The molecule has 0 bridgehead atoms. The molecule has 1 aliphatic heterocycles. The Morgan fingerprint density at radius 3 is 2.09 bits per heavy atom. The zero-order chi connectivity index (χ0) is 16.4. The van der Waals surface area contributed by atoms with Gasteiger partial charge in [-0.1, -0.05) is 48.5 Å². The van der Waals surface area contributed by atoms with Crippen molar-refractivity contribution in [3.05, 3.63) is 66.2 Å². The first-order chi connectivity index (χ1) is 11.0. The predicted molar refractivity (Wildman–Crippen MR) is 85.7 cm³/mol. The molecule has 1 fully saturated rings. The zero-order valence-corrected chi connectivity index (χ0v) is 12.7. The molecule has 1 saturated heterocycles. The van der Waals surface area contributed by atoms with E-state index in [2.05, 4.69) is 5.32 Å². The minimum absolute atomic E-state index is 0.231. The van der Waals surface area contributed by atoms with Gasteiger partial charge in [-0.3, -0.25) is 14.9 Å². The van der Waals surface area contributed by atoms with Gasteiger partial charge in [-0.2, -0.15) is 0 Å². The molecule has 116 valence electrons. The minimum atomic E-state index is -1.33. The molecule has 1 aliphatic rings. The SMILES string of the molecule is C[C@]1(Cc2ccccc2)C(=O)NC(=O)N(c2ccccc2)C1=O. The Labute approximate surface area is 133 Å². The van der Waals surface area contributed by atoms with Crippen molar-refractivity contribution < 1.29 is 14.4 Å². The smallest absolute Gasteiger partial charge is 0.276 e. The van der Waals surface area contributed by atoms with Crippen LogP contribution in [0.1, 0.15) is 12.5 Å². The van der Waals surface area contributed by atoms with Crippen LogP contribution in [0.25, 0.3) is 0 Å². The van der Waals surface area contributed by atoms with Crippen molar-refractivity contribution in [2.24, 2.45) is 5.41 Å². The maximum atomic E-state index is 12.9. The predicted octanol–water partition coefficient (Wildman–Crippen LogP) is 2.52. The summed E-state index contributed by atoms with van der Waals surface area (Å²) in [6.07, 6.45) is 0.231. The average Bonchev–Trinajstić information content (AvgIpc) is 2.55. The summed E-state index contributed by atoms with van der Waals surface area (Å²) >= 11 is 0. The monoisotopic (exact) mass is 308 g/mol. The summed E-state index contributed by atoms with van der Waals surface area (Å²) in [5.74, 6) is -1.08. The number of benzene rings is 2. The third kappa shape index (κ3) is 2.61. The molecule has 0 radical (unpaired) electrons. The van der Waals surface area contributed by atoms with Crippen molar-refractivity contribution in [2.45, 2.75) is 13.3 Å². The number of imide groups is 2. The van der Waals surface area contributed by atoms with E-state index in [1.54, 1.807) is 37.3 Å². The van der Waals surface area contributed by atoms with Gasteiger partial charge < -0.3 is 0 Å². The highest BCUT2D eigenvalue weighted by Gasteiger charge is 2.50. The second-order valence-electron chi connectivity index (χ2n) is 5.73. The second kappa shape index (κ2) is 5.68. The maximum absolute atomic E-state index is 12.9. The zero-order valence-electron chi connectivity index (χ0n) is 12.7. The van der Waals surface area contributed by atoms with Crippen LogP contribution in [0.15, 0.2) is 60.7 Å². The van der Waals surface area contributed by atoms with Crippen molar-refractivity contribution in [2.75, 3.05) is 4.90 Å². The van der Waals surface area contributed by atoms with Gasteiger partial charge in [0.1, 0.15) is 5.41 Å². The van der Waals surface area contributed by atoms with Gasteiger partial charge in [0.05, 0.1) is 5.69 Å². The molecule has 5 heteroatoms. The summed E-state index contributed by atoms with van der Waals surface area (Å²) in [6, 6.07) is 17.2. The first kappa shape index (κ1) is 15.0. The highest BCUT2D eigenvalue weighted by molar-refractivity contribution is 6.29. The first-order valence-corrected chi connectivity index (χ1v) is 7.31. The van der Waals surface area contributed by atoms with Crippen LogP contribution in [0.3, 0.4) is 0 Å². The number of hydrogen-bond acceptors (Lipinski definition) is 3. The number of para-hydroxylation sites is 1. The molecular formula is C18H16N2O3. The van der Waals surface area contributed by atoms with Gasteiger partial charge in [0.25, 0.3) is 5.91 Å². The molecule has 0 spiro atoms. The molecule has 2 aromatic rings. The topological polar surface area (TPSA) is 66.5 Å². The van der Waals surface area contributed by atoms with Crippen LogP contribution in [0.5, 0.6) is 0 Å². The lowest BCUT2D eigenvalue weighted by Gasteiger charge is -2.37. The number of carbonyl (C=O) groups is 3. The van der Waals surface area contributed by atoms with Gasteiger partial charge in [0.15, 0.2) is 0 Å². The van der Waals surface area contributed by atoms with Gasteiger partial charge in [-0.15, -0.1) is 0 Å². The molecule has 1 atom stereocenters. The lowest BCUT2D eigenvalue weighted by Crippen LogP contribution is -2.64. The molecule has 1 N–H and O–H groups in total. The molecule has 2 aromatic carbocycles. The Morgan fingerprint density at radius 1 is 0.913 bits per heavy atom. The molecule has 3 rings (SSSR count). The molecule has 0 aliphatic carbocycles. The van der Waals surface area contributed by atoms with Crippen LogP contribution in [0, 0.1) is 5.41 Å². The molecule has 0 saturated carbocycles. The number of barbiturate groups is 1. The van der Waals surface area contributed by atoms with Crippen molar-refractivity contribution in [3.63, 3.8) is 0 Å². The molecule has 0 aromatic heterocycles. The van der Waals surface area contributed by atoms with Crippen LogP contribution in [-0.4, -0.2) is 17.8 Å². The average molecular weight is 308 g/mol. The van der Waals surface area contributed by atoms with E-state index in [1.165, 1.54) is 0 Å². The van der Waals surface area contributed by atoms with Gasteiger partial charge in [0.2, 0.25) is 5.91 Å². The first-order valence-electron chi connectivity index (χ1n) is 7.31. The van der Waals surface area contributed by atoms with E-state index in [0.29, 0.717) is 5.69 Å². The normalized spacial score (nSPS) is 21.3. The van der Waals surface area contributed by atoms with Crippen LogP contribution in [0.4, 0.5) is 10.5 Å². The van der Waals surface area contributed by atoms with E-state index in [1.807, 2.05) is 30.3 Å². The number of rotatable bonds is 3. The highest BCUT2D eigenvalue weighted by atomic mass is 16.2. The van der Waals surface area contributed by atoms with E-state index in [4.69, 9.17) is 0 Å². The lowest BCUT2D eigenvalue weighted by atomic mass is 9.80. The number of anilines is 1. The maximum Gasteiger partial charge on any atom is 0.335 e. The number of amides is 4. The number of hydrogen-bond donors (Lipinski definition) is 1.